The summed E-state index contributed by atoms with van der Waals surface area (Å²) in [6.07, 6.45) is 0. The summed E-state index contributed by atoms with van der Waals surface area (Å²) in [6, 6.07) is 5.05. The molecule has 4 nitrogen and oxygen atoms in total. The van der Waals surface area contributed by atoms with Gasteiger partial charge in [-0.1, -0.05) is 29.0 Å². The number of carbonyl (C=O) groups is 1. The second-order valence-corrected chi connectivity index (χ2v) is 4.31. The van der Waals surface area contributed by atoms with E-state index in [0.29, 0.717) is 15.2 Å². The fourth-order valence-corrected chi connectivity index (χ4v) is 2.60. The zero-order chi connectivity index (χ0) is 11.0. The number of para-hydroxylation sites is 1. The lowest BCUT2D eigenvalue weighted by Crippen LogP contribution is -2.30. The molecule has 0 saturated heterocycles. The third kappa shape index (κ3) is 1.75. The largest absolute Gasteiger partial charge is 0.548 e. The van der Waals surface area contributed by atoms with Crippen molar-refractivity contribution >= 4 is 39.1 Å². The average molecular weight is 243 g/mol. The molecule has 78 valence electrons. The second-order valence-electron chi connectivity index (χ2n) is 2.91. The van der Waals surface area contributed by atoms with E-state index in [1.54, 1.807) is 18.2 Å². The van der Waals surface area contributed by atoms with Crippen molar-refractivity contribution in [2.75, 3.05) is 0 Å². The van der Waals surface area contributed by atoms with Crippen LogP contribution in [-0.4, -0.2) is 10.5 Å². The van der Waals surface area contributed by atoms with Gasteiger partial charge >= 0.3 is 4.87 Å². The third-order valence-corrected chi connectivity index (χ3v) is 3.17. The number of hydrogen-bond donors (Lipinski definition) is 0. The van der Waals surface area contributed by atoms with Gasteiger partial charge in [-0.15, -0.1) is 0 Å². The van der Waals surface area contributed by atoms with Gasteiger partial charge in [0.1, 0.15) is 0 Å². The Labute approximate surface area is 93.3 Å². The van der Waals surface area contributed by atoms with Crippen molar-refractivity contribution in [1.29, 1.82) is 0 Å². The number of rotatable bonds is 2. The molecule has 0 bridgehead atoms. The van der Waals surface area contributed by atoms with E-state index in [2.05, 4.69) is 0 Å². The molecule has 0 unspecified atom stereocenters. The Morgan fingerprint density at radius 1 is 1.53 bits per heavy atom. The number of thiazole rings is 1. The van der Waals surface area contributed by atoms with Gasteiger partial charge in [-0.3, -0.25) is 9.36 Å². The Kier molecular flexibility index (Phi) is 2.50. The highest BCUT2D eigenvalue weighted by molar-refractivity contribution is 7.16. The molecule has 0 aliphatic carbocycles. The number of fused-ring (bicyclic) bond motifs is 1. The van der Waals surface area contributed by atoms with Gasteiger partial charge in [-0.2, -0.15) is 0 Å². The Balaban J connectivity index is 2.76. The van der Waals surface area contributed by atoms with E-state index in [0.717, 1.165) is 15.9 Å². The summed E-state index contributed by atoms with van der Waals surface area (Å²) in [5.41, 5.74) is 0.457. The zero-order valence-electron chi connectivity index (χ0n) is 7.40. The third-order valence-electron chi connectivity index (χ3n) is 1.92. The van der Waals surface area contributed by atoms with Crippen LogP contribution in [0, 0.1) is 0 Å². The SMILES string of the molecule is O=C([O-])Cn1c(=O)sc2cccc(Cl)c21. The molecule has 15 heavy (non-hydrogen) atoms. The lowest BCUT2D eigenvalue weighted by Gasteiger charge is -2.04. The van der Waals surface area contributed by atoms with E-state index in [9.17, 15) is 14.7 Å². The summed E-state index contributed by atoms with van der Waals surface area (Å²) < 4.78 is 1.78. The first kappa shape index (κ1) is 10.2. The van der Waals surface area contributed by atoms with Crippen LogP contribution >= 0.6 is 22.9 Å². The molecular weight excluding hydrogens is 238 g/mol. The molecule has 0 aliphatic heterocycles. The zero-order valence-corrected chi connectivity index (χ0v) is 8.97. The maximum atomic E-state index is 11.5. The molecule has 1 heterocycles. The van der Waals surface area contributed by atoms with Crippen LogP contribution in [0.5, 0.6) is 0 Å². The van der Waals surface area contributed by atoms with E-state index in [1.165, 1.54) is 0 Å². The number of carbonyl (C=O) groups excluding carboxylic acids is 1. The minimum absolute atomic E-state index is 0.345. The van der Waals surface area contributed by atoms with Crippen molar-refractivity contribution in [3.05, 3.63) is 32.9 Å². The fourth-order valence-electron chi connectivity index (χ4n) is 1.35. The molecule has 6 heteroatoms. The van der Waals surface area contributed by atoms with Crippen LogP contribution in [0.25, 0.3) is 10.2 Å². The number of aromatic nitrogens is 1. The highest BCUT2D eigenvalue weighted by Gasteiger charge is 2.09. The Morgan fingerprint density at radius 2 is 2.27 bits per heavy atom. The number of carboxylic acids is 1. The first-order valence-corrected chi connectivity index (χ1v) is 5.27. The van der Waals surface area contributed by atoms with Gasteiger partial charge in [0, 0.05) is 0 Å². The van der Waals surface area contributed by atoms with E-state index >= 15 is 0 Å². The highest BCUT2D eigenvalue weighted by atomic mass is 35.5. The number of halogens is 1. The summed E-state index contributed by atoms with van der Waals surface area (Å²) in [4.78, 5) is 21.6. The van der Waals surface area contributed by atoms with Gasteiger partial charge in [0.2, 0.25) is 0 Å². The second kappa shape index (κ2) is 3.67. The maximum absolute atomic E-state index is 11.5. The predicted octanol–water partition coefficient (Wildman–Crippen LogP) is 0.466. The number of nitrogens with zero attached hydrogens (tertiary/aromatic N) is 1. The summed E-state index contributed by atoms with van der Waals surface area (Å²) in [6.45, 7) is -0.470. The van der Waals surface area contributed by atoms with Crippen molar-refractivity contribution in [3.63, 3.8) is 0 Å². The smallest absolute Gasteiger partial charge is 0.308 e. The van der Waals surface area contributed by atoms with Gasteiger partial charge in [-0.25, -0.2) is 0 Å². The number of carboxylic acid groups (broad SMARTS) is 1. The Bertz CT molecular complexity index is 587. The van der Waals surface area contributed by atoms with Gasteiger partial charge in [0.05, 0.1) is 27.8 Å². The number of benzene rings is 1. The van der Waals surface area contributed by atoms with E-state index in [-0.39, 0.29) is 4.87 Å². The van der Waals surface area contributed by atoms with E-state index < -0.39 is 12.5 Å². The van der Waals surface area contributed by atoms with Crippen LogP contribution in [0.15, 0.2) is 23.0 Å². The van der Waals surface area contributed by atoms with Crippen LogP contribution in [0.2, 0.25) is 5.02 Å². The number of hydrogen-bond acceptors (Lipinski definition) is 4. The van der Waals surface area contributed by atoms with Crippen molar-refractivity contribution in [1.82, 2.24) is 4.57 Å². The van der Waals surface area contributed by atoms with Crippen LogP contribution in [0.1, 0.15) is 0 Å². The molecule has 1 aromatic carbocycles. The first-order valence-electron chi connectivity index (χ1n) is 4.07. The molecule has 0 saturated carbocycles. The van der Waals surface area contributed by atoms with Crippen LogP contribution in [0.3, 0.4) is 0 Å². The summed E-state index contributed by atoms with van der Waals surface area (Å²) in [7, 11) is 0. The predicted molar refractivity (Wildman–Crippen MR) is 56.1 cm³/mol. The molecule has 0 N–H and O–H groups in total. The number of aliphatic carboxylic acids is 1. The molecule has 0 radical (unpaired) electrons. The van der Waals surface area contributed by atoms with E-state index in [1.807, 2.05) is 0 Å². The molecule has 0 amide bonds. The Hall–Kier alpha value is -1.33. The molecule has 0 fully saturated rings. The van der Waals surface area contributed by atoms with E-state index in [4.69, 9.17) is 11.6 Å². The molecule has 0 aliphatic rings. The molecule has 0 spiro atoms. The standard InChI is InChI=1S/C9H6ClNO3S/c10-5-2-1-3-6-8(5)11(4-7(12)13)9(14)15-6/h1-3H,4H2,(H,12,13)/p-1. The Morgan fingerprint density at radius 3 is 2.93 bits per heavy atom. The highest BCUT2D eigenvalue weighted by Crippen LogP contribution is 2.24. The van der Waals surface area contributed by atoms with Crippen molar-refractivity contribution < 1.29 is 9.90 Å². The topological polar surface area (TPSA) is 62.1 Å². The molecule has 2 aromatic rings. The summed E-state index contributed by atoms with van der Waals surface area (Å²) >= 11 is 6.86. The molecule has 0 atom stereocenters. The fraction of sp³-hybridized carbons (Fsp3) is 0.111. The minimum Gasteiger partial charge on any atom is -0.548 e. The van der Waals surface area contributed by atoms with Gasteiger partial charge in [-0.05, 0) is 12.1 Å². The first-order chi connectivity index (χ1) is 7.09. The van der Waals surface area contributed by atoms with Gasteiger partial charge in [0.25, 0.3) is 0 Å². The normalized spacial score (nSPS) is 10.7. The minimum atomic E-state index is -1.31. The molecule has 1 aromatic heterocycles. The summed E-state index contributed by atoms with van der Waals surface area (Å²) in [5.74, 6) is -1.31. The molecular formula is C9H5ClNO3S-. The monoisotopic (exact) mass is 242 g/mol. The molecule has 2 rings (SSSR count). The van der Waals surface area contributed by atoms with Crippen LogP contribution in [0.4, 0.5) is 0 Å². The van der Waals surface area contributed by atoms with Crippen LogP contribution in [-0.2, 0) is 11.3 Å². The van der Waals surface area contributed by atoms with Gasteiger partial charge < -0.3 is 9.90 Å². The van der Waals surface area contributed by atoms with Crippen LogP contribution < -0.4 is 9.98 Å². The maximum Gasteiger partial charge on any atom is 0.308 e. The lowest BCUT2D eigenvalue weighted by molar-refractivity contribution is -0.306. The van der Waals surface area contributed by atoms with Crippen molar-refractivity contribution in [3.8, 4) is 0 Å². The lowest BCUT2D eigenvalue weighted by atomic mass is 10.3. The summed E-state index contributed by atoms with van der Waals surface area (Å²) in [5, 5.41) is 10.8. The van der Waals surface area contributed by atoms with Gasteiger partial charge in [0.15, 0.2) is 0 Å². The van der Waals surface area contributed by atoms with Crippen molar-refractivity contribution in [2.45, 2.75) is 6.54 Å². The van der Waals surface area contributed by atoms with Crippen molar-refractivity contribution in [2.24, 2.45) is 0 Å². The quantitative estimate of drug-likeness (QED) is 0.769. The average Bonchev–Trinajstić information content (AvgIpc) is 2.43.